The van der Waals surface area contributed by atoms with E-state index in [0.717, 1.165) is 42.8 Å². The molecule has 4 heterocycles. The Bertz CT molecular complexity index is 927. The Morgan fingerprint density at radius 2 is 2.10 bits per heavy atom. The van der Waals surface area contributed by atoms with Gasteiger partial charge < -0.3 is 9.72 Å². The monoisotopic (exact) mass is 427 g/mol. The maximum Gasteiger partial charge on any atom is 0.305 e. The zero-order chi connectivity index (χ0) is 21.4. The van der Waals surface area contributed by atoms with Crippen molar-refractivity contribution in [3.05, 3.63) is 35.8 Å². The number of benzene rings is 1. The van der Waals surface area contributed by atoms with E-state index in [1.165, 1.54) is 51.4 Å². The third-order valence-corrected chi connectivity index (χ3v) is 7.99. The number of carbonyl (C=O) groups is 1. The van der Waals surface area contributed by atoms with Gasteiger partial charge in [0, 0.05) is 48.7 Å². The number of nitrogens with one attached hydrogen (secondary N) is 1. The van der Waals surface area contributed by atoms with Crippen LogP contribution in [0.5, 0.6) is 0 Å². The predicted molar refractivity (Wildman–Crippen MR) is 119 cm³/mol. The van der Waals surface area contributed by atoms with Crippen molar-refractivity contribution < 1.29 is 13.9 Å². The van der Waals surface area contributed by atoms with Crippen LogP contribution in [-0.2, 0) is 16.1 Å². The average Bonchev–Trinajstić information content (AvgIpc) is 3.17. The molecule has 0 unspecified atom stereocenters. The van der Waals surface area contributed by atoms with Crippen LogP contribution < -0.4 is 0 Å². The van der Waals surface area contributed by atoms with Crippen molar-refractivity contribution in [2.45, 2.75) is 63.6 Å². The fraction of sp³-hybridized carbons (Fsp3) is 0.640. The zero-order valence-electron chi connectivity index (χ0n) is 18.5. The van der Waals surface area contributed by atoms with Crippen molar-refractivity contribution in [1.82, 2.24) is 14.8 Å². The molecule has 6 heteroatoms. The second-order valence-corrected chi connectivity index (χ2v) is 9.70. The minimum Gasteiger partial charge on any atom is -0.469 e. The molecule has 4 atom stereocenters. The smallest absolute Gasteiger partial charge is 0.305 e. The third-order valence-electron chi connectivity index (χ3n) is 7.99. The molecule has 2 aromatic rings. The first-order chi connectivity index (χ1) is 15.1. The van der Waals surface area contributed by atoms with Crippen molar-refractivity contribution in [3.8, 4) is 0 Å². The Kier molecular flexibility index (Phi) is 6.02. The van der Waals surface area contributed by atoms with Gasteiger partial charge >= 0.3 is 5.97 Å². The number of hydrogen-bond donors (Lipinski definition) is 1. The average molecular weight is 428 g/mol. The lowest BCUT2D eigenvalue weighted by Gasteiger charge is -2.57. The van der Waals surface area contributed by atoms with E-state index in [0.29, 0.717) is 24.4 Å². The first-order valence-electron chi connectivity index (χ1n) is 11.9. The molecule has 31 heavy (non-hydrogen) atoms. The molecule has 3 saturated heterocycles. The molecule has 3 aliphatic rings. The maximum atomic E-state index is 13.7. The molecular formula is C25H34FN3O2. The summed E-state index contributed by atoms with van der Waals surface area (Å²) in [4.78, 5) is 20.4. The van der Waals surface area contributed by atoms with E-state index >= 15 is 0 Å². The summed E-state index contributed by atoms with van der Waals surface area (Å²) >= 11 is 0. The highest BCUT2D eigenvalue weighted by molar-refractivity contribution is 5.83. The van der Waals surface area contributed by atoms with E-state index in [9.17, 15) is 9.18 Å². The topological polar surface area (TPSA) is 48.6 Å². The second-order valence-electron chi connectivity index (χ2n) is 9.70. The van der Waals surface area contributed by atoms with Gasteiger partial charge in [0.2, 0.25) is 0 Å². The molecule has 3 fully saturated rings. The summed E-state index contributed by atoms with van der Waals surface area (Å²) in [5.74, 6) is 1.10. The summed E-state index contributed by atoms with van der Waals surface area (Å²) in [7, 11) is 1.47. The number of H-pyrrole nitrogens is 1. The maximum absolute atomic E-state index is 13.7. The molecule has 0 saturated carbocycles. The van der Waals surface area contributed by atoms with Crippen molar-refractivity contribution in [1.29, 1.82) is 0 Å². The molecule has 1 N–H and O–H groups in total. The second kappa shape index (κ2) is 8.91. The van der Waals surface area contributed by atoms with Crippen LogP contribution in [0.4, 0.5) is 4.39 Å². The quantitative estimate of drug-likeness (QED) is 0.698. The Hall–Kier alpha value is -1.92. The highest BCUT2D eigenvalue weighted by Gasteiger charge is 2.48. The number of methoxy groups -OCH3 is 1. The van der Waals surface area contributed by atoms with Crippen LogP contribution >= 0.6 is 0 Å². The Morgan fingerprint density at radius 3 is 2.94 bits per heavy atom. The standard InChI is InChI=1S/C25H34FN3O2/c1-31-24(30)8-2-7-23-21-6-4-12-28-11-3-5-17(25(21)28)15-29(23)16-18-14-27-22-13-19(26)9-10-20(18)22/h9-10,13-14,17,21,23,25,27H,2-8,11-12,15-16H2,1H3/t17-,21-,23-,25+/m1/s1. The van der Waals surface area contributed by atoms with Crippen molar-refractivity contribution in [2.24, 2.45) is 11.8 Å². The first-order valence-corrected chi connectivity index (χ1v) is 11.9. The van der Waals surface area contributed by atoms with Crippen LogP contribution in [0.3, 0.4) is 0 Å². The lowest BCUT2D eigenvalue weighted by molar-refractivity contribution is -0.141. The minimum atomic E-state index is -0.202. The number of ether oxygens (including phenoxy) is 1. The van der Waals surface area contributed by atoms with Crippen molar-refractivity contribution in [2.75, 3.05) is 26.7 Å². The SMILES string of the molecule is COC(=O)CCC[C@@H]1[C@H]2CCCN3CCC[C@H](CN1Cc1c[nH]c4cc(F)ccc14)[C@@H]23. The van der Waals surface area contributed by atoms with Gasteiger partial charge in [-0.15, -0.1) is 0 Å². The third kappa shape index (κ3) is 4.12. The molecule has 1 aromatic heterocycles. The molecule has 0 amide bonds. The van der Waals surface area contributed by atoms with Crippen molar-refractivity contribution >= 4 is 16.9 Å². The Balaban J connectivity index is 1.40. The van der Waals surface area contributed by atoms with Gasteiger partial charge in [-0.3, -0.25) is 14.6 Å². The van der Waals surface area contributed by atoms with Crippen LogP contribution in [0.15, 0.2) is 24.4 Å². The van der Waals surface area contributed by atoms with Gasteiger partial charge in [-0.1, -0.05) is 0 Å². The lowest BCUT2D eigenvalue weighted by Crippen LogP contribution is -2.64. The first kappa shape index (κ1) is 21.0. The molecule has 1 aromatic carbocycles. The number of likely N-dealkylation sites (tertiary alicyclic amines) is 1. The van der Waals surface area contributed by atoms with E-state index in [1.807, 2.05) is 6.07 Å². The number of aromatic amines is 1. The number of piperidine rings is 3. The summed E-state index contributed by atoms with van der Waals surface area (Å²) in [5.41, 5.74) is 2.11. The largest absolute Gasteiger partial charge is 0.469 e. The van der Waals surface area contributed by atoms with Gasteiger partial charge in [0.05, 0.1) is 7.11 Å². The number of aromatic nitrogens is 1. The molecule has 3 aliphatic heterocycles. The van der Waals surface area contributed by atoms with Gasteiger partial charge in [0.25, 0.3) is 0 Å². The van der Waals surface area contributed by atoms with E-state index in [1.54, 1.807) is 12.1 Å². The highest BCUT2D eigenvalue weighted by atomic mass is 19.1. The molecule has 0 aliphatic carbocycles. The summed E-state index contributed by atoms with van der Waals surface area (Å²) < 4.78 is 18.5. The summed E-state index contributed by atoms with van der Waals surface area (Å²) in [6.07, 6.45) is 9.66. The summed E-state index contributed by atoms with van der Waals surface area (Å²) in [6, 6.07) is 6.23. The Morgan fingerprint density at radius 1 is 1.26 bits per heavy atom. The predicted octanol–water partition coefficient (Wildman–Crippen LogP) is 4.33. The fourth-order valence-electron chi connectivity index (χ4n) is 6.73. The molecule has 0 radical (unpaired) electrons. The van der Waals surface area contributed by atoms with E-state index in [4.69, 9.17) is 4.74 Å². The van der Waals surface area contributed by atoms with Crippen molar-refractivity contribution in [3.63, 3.8) is 0 Å². The number of nitrogens with zero attached hydrogens (tertiary/aromatic N) is 2. The fourth-order valence-corrected chi connectivity index (χ4v) is 6.73. The normalized spacial score (nSPS) is 29.1. The van der Waals surface area contributed by atoms with Gasteiger partial charge in [0.15, 0.2) is 0 Å². The molecular weight excluding hydrogens is 393 g/mol. The van der Waals surface area contributed by atoms with E-state index < -0.39 is 0 Å². The van der Waals surface area contributed by atoms with Crippen LogP contribution in [0.2, 0.25) is 0 Å². The number of esters is 1. The van der Waals surface area contributed by atoms with Gasteiger partial charge in [-0.2, -0.15) is 0 Å². The number of hydrogen-bond acceptors (Lipinski definition) is 4. The van der Waals surface area contributed by atoms with Crippen LogP contribution in [-0.4, -0.2) is 59.6 Å². The number of halogens is 1. The van der Waals surface area contributed by atoms with Crippen LogP contribution in [0.25, 0.3) is 10.9 Å². The van der Waals surface area contributed by atoms with Gasteiger partial charge in [-0.05, 0) is 87.2 Å². The van der Waals surface area contributed by atoms with E-state index in [-0.39, 0.29) is 11.8 Å². The molecule has 5 nitrogen and oxygen atoms in total. The van der Waals surface area contributed by atoms with Crippen LogP contribution in [0, 0.1) is 17.7 Å². The van der Waals surface area contributed by atoms with Crippen LogP contribution in [0.1, 0.15) is 50.5 Å². The van der Waals surface area contributed by atoms with Gasteiger partial charge in [0.1, 0.15) is 5.82 Å². The summed E-state index contributed by atoms with van der Waals surface area (Å²) in [5, 5.41) is 1.12. The highest BCUT2D eigenvalue weighted by Crippen LogP contribution is 2.44. The lowest BCUT2D eigenvalue weighted by atomic mass is 9.69. The van der Waals surface area contributed by atoms with Gasteiger partial charge in [-0.25, -0.2) is 4.39 Å². The molecule has 168 valence electrons. The Labute approximate surface area is 183 Å². The minimum absolute atomic E-state index is 0.109. The number of rotatable bonds is 6. The molecule has 5 rings (SSSR count). The summed E-state index contributed by atoms with van der Waals surface area (Å²) in [6.45, 7) is 4.50. The molecule has 0 bridgehead atoms. The zero-order valence-corrected chi connectivity index (χ0v) is 18.5. The molecule has 0 spiro atoms. The van der Waals surface area contributed by atoms with E-state index in [2.05, 4.69) is 21.0 Å². The number of carbonyl (C=O) groups excluding carboxylic acids is 1. The number of fused-ring (bicyclic) bond motifs is 1.